The zero-order valence-electron chi connectivity index (χ0n) is 17.4. The molecule has 0 radical (unpaired) electrons. The summed E-state index contributed by atoms with van der Waals surface area (Å²) in [6.45, 7) is 4.08. The smallest absolute Gasteiger partial charge is 0.356 e. The molecule has 1 saturated heterocycles. The van der Waals surface area contributed by atoms with Crippen molar-refractivity contribution in [3.05, 3.63) is 28.9 Å². The number of nitrogens with zero attached hydrogens (tertiary/aromatic N) is 2. The Balaban J connectivity index is 1.40. The molecule has 8 heteroatoms. The molecule has 1 saturated carbocycles. The number of methoxy groups -OCH3 is 1. The summed E-state index contributed by atoms with van der Waals surface area (Å²) in [7, 11) is 1.32. The minimum atomic E-state index is -0.529. The molecule has 4 rings (SSSR count). The zero-order chi connectivity index (χ0) is 21.1. The second-order valence-corrected chi connectivity index (χ2v) is 8.65. The van der Waals surface area contributed by atoms with Gasteiger partial charge in [0, 0.05) is 48.1 Å². The third-order valence-corrected chi connectivity index (χ3v) is 6.51. The number of carbonyl (C=O) groups is 2. The number of hydrogen-bond acceptors (Lipinski definition) is 5. The van der Waals surface area contributed by atoms with Gasteiger partial charge in [0.2, 0.25) is 5.91 Å². The highest BCUT2D eigenvalue weighted by Gasteiger charge is 2.26. The topological polar surface area (TPSA) is 77.7 Å². The number of fused-ring (bicyclic) bond motifs is 1. The van der Waals surface area contributed by atoms with Crippen molar-refractivity contribution >= 4 is 40.1 Å². The van der Waals surface area contributed by atoms with E-state index in [1.54, 1.807) is 18.2 Å². The Kier molecular flexibility index (Phi) is 6.61. The standard InChI is InChI=1S/C22H29ClN4O3/c1-30-22(29)21-20(17-13-15(23)7-8-18(17)24-21)25-19(28)14-26-9-11-27(12-10-26)16-5-3-2-4-6-16/h7-8,13,16,24H,2-6,9-12,14H2,1H3,(H,25,28). The number of halogens is 1. The van der Waals surface area contributed by atoms with Gasteiger partial charge in [-0.1, -0.05) is 30.9 Å². The summed E-state index contributed by atoms with van der Waals surface area (Å²) >= 11 is 6.13. The second kappa shape index (κ2) is 9.37. The lowest BCUT2D eigenvalue weighted by Gasteiger charge is -2.40. The molecule has 0 bridgehead atoms. The highest BCUT2D eigenvalue weighted by molar-refractivity contribution is 6.31. The van der Waals surface area contributed by atoms with Crippen LogP contribution in [0.2, 0.25) is 5.02 Å². The predicted octanol–water partition coefficient (Wildman–Crippen LogP) is 3.50. The van der Waals surface area contributed by atoms with Crippen molar-refractivity contribution in [1.82, 2.24) is 14.8 Å². The van der Waals surface area contributed by atoms with Gasteiger partial charge in [-0.15, -0.1) is 0 Å². The number of H-pyrrole nitrogens is 1. The van der Waals surface area contributed by atoms with E-state index in [-0.39, 0.29) is 11.6 Å². The molecule has 162 valence electrons. The van der Waals surface area contributed by atoms with E-state index in [1.165, 1.54) is 39.2 Å². The summed E-state index contributed by atoms with van der Waals surface area (Å²) in [6, 6.07) is 5.97. The molecule has 1 aromatic carbocycles. The average Bonchev–Trinajstić information content (AvgIpc) is 3.11. The molecule has 0 atom stereocenters. The normalized spacial score (nSPS) is 19.1. The average molecular weight is 433 g/mol. The highest BCUT2D eigenvalue weighted by atomic mass is 35.5. The van der Waals surface area contributed by atoms with Crippen LogP contribution in [0.4, 0.5) is 5.69 Å². The monoisotopic (exact) mass is 432 g/mol. The maximum atomic E-state index is 12.8. The number of aromatic amines is 1. The van der Waals surface area contributed by atoms with Crippen molar-refractivity contribution in [3.63, 3.8) is 0 Å². The van der Waals surface area contributed by atoms with Gasteiger partial charge >= 0.3 is 5.97 Å². The quantitative estimate of drug-likeness (QED) is 0.707. The van der Waals surface area contributed by atoms with Crippen LogP contribution in [0.25, 0.3) is 10.9 Å². The number of carbonyl (C=O) groups excluding carboxylic acids is 2. The fraction of sp³-hybridized carbons (Fsp3) is 0.545. The molecular weight excluding hydrogens is 404 g/mol. The minimum Gasteiger partial charge on any atom is -0.464 e. The Labute approximate surface area is 181 Å². The molecule has 2 fully saturated rings. The fourth-order valence-electron chi connectivity index (χ4n) is 4.66. The van der Waals surface area contributed by atoms with Crippen LogP contribution in [0.3, 0.4) is 0 Å². The van der Waals surface area contributed by atoms with Crippen LogP contribution in [0.5, 0.6) is 0 Å². The van der Waals surface area contributed by atoms with Crippen molar-refractivity contribution in [2.24, 2.45) is 0 Å². The molecule has 7 nitrogen and oxygen atoms in total. The van der Waals surface area contributed by atoms with Crippen LogP contribution >= 0.6 is 11.6 Å². The van der Waals surface area contributed by atoms with Gasteiger partial charge in [0.15, 0.2) is 0 Å². The van der Waals surface area contributed by atoms with Crippen LogP contribution < -0.4 is 5.32 Å². The summed E-state index contributed by atoms with van der Waals surface area (Å²) in [4.78, 5) is 32.8. The number of rotatable bonds is 5. The molecule has 30 heavy (non-hydrogen) atoms. The number of nitrogens with one attached hydrogen (secondary N) is 2. The Bertz CT molecular complexity index is 914. The number of hydrogen-bond donors (Lipinski definition) is 2. The largest absolute Gasteiger partial charge is 0.464 e. The van der Waals surface area contributed by atoms with Gasteiger partial charge in [0.25, 0.3) is 0 Å². The van der Waals surface area contributed by atoms with E-state index < -0.39 is 5.97 Å². The molecule has 2 aliphatic rings. The molecule has 2 heterocycles. The number of ether oxygens (including phenoxy) is 1. The highest BCUT2D eigenvalue weighted by Crippen LogP contribution is 2.31. The lowest BCUT2D eigenvalue weighted by molar-refractivity contribution is -0.117. The van der Waals surface area contributed by atoms with Gasteiger partial charge in [-0.3, -0.25) is 14.6 Å². The van der Waals surface area contributed by atoms with Gasteiger partial charge in [0.1, 0.15) is 5.69 Å². The Morgan fingerprint density at radius 2 is 1.90 bits per heavy atom. The van der Waals surface area contributed by atoms with Crippen LogP contribution in [0.15, 0.2) is 18.2 Å². The first-order valence-corrected chi connectivity index (χ1v) is 11.1. The van der Waals surface area contributed by atoms with Crippen LogP contribution in [0.1, 0.15) is 42.6 Å². The van der Waals surface area contributed by atoms with E-state index in [4.69, 9.17) is 16.3 Å². The molecule has 2 aromatic rings. The predicted molar refractivity (Wildman–Crippen MR) is 118 cm³/mol. The maximum Gasteiger partial charge on any atom is 0.356 e. The van der Waals surface area contributed by atoms with E-state index in [9.17, 15) is 9.59 Å². The van der Waals surface area contributed by atoms with Crippen molar-refractivity contribution in [2.75, 3.05) is 45.2 Å². The molecule has 0 unspecified atom stereocenters. The first-order chi connectivity index (χ1) is 14.5. The molecule has 2 N–H and O–H groups in total. The Morgan fingerprint density at radius 1 is 1.17 bits per heavy atom. The second-order valence-electron chi connectivity index (χ2n) is 8.21. The van der Waals surface area contributed by atoms with Gasteiger partial charge in [0.05, 0.1) is 19.3 Å². The number of amides is 1. The molecular formula is C22H29ClN4O3. The summed E-state index contributed by atoms with van der Waals surface area (Å²) < 4.78 is 4.87. The first-order valence-electron chi connectivity index (χ1n) is 10.7. The molecule has 0 spiro atoms. The maximum absolute atomic E-state index is 12.8. The lowest BCUT2D eigenvalue weighted by atomic mass is 9.94. The van der Waals surface area contributed by atoms with Crippen molar-refractivity contribution in [3.8, 4) is 0 Å². The molecule has 1 aliphatic heterocycles. The fourth-order valence-corrected chi connectivity index (χ4v) is 4.84. The van der Waals surface area contributed by atoms with Crippen molar-refractivity contribution < 1.29 is 14.3 Å². The number of piperazine rings is 1. The van der Waals surface area contributed by atoms with Crippen LogP contribution in [-0.2, 0) is 9.53 Å². The van der Waals surface area contributed by atoms with Crippen molar-refractivity contribution in [1.29, 1.82) is 0 Å². The summed E-state index contributed by atoms with van der Waals surface area (Å²) in [5.74, 6) is -0.675. The summed E-state index contributed by atoms with van der Waals surface area (Å²) in [6.07, 6.45) is 6.65. The van der Waals surface area contributed by atoms with Gasteiger partial charge in [-0.25, -0.2) is 4.79 Å². The third kappa shape index (κ3) is 4.63. The van der Waals surface area contributed by atoms with E-state index in [2.05, 4.69) is 20.1 Å². The third-order valence-electron chi connectivity index (χ3n) is 6.28. The van der Waals surface area contributed by atoms with E-state index in [0.29, 0.717) is 28.7 Å². The van der Waals surface area contributed by atoms with Gasteiger partial charge in [-0.2, -0.15) is 0 Å². The number of anilines is 1. The van der Waals surface area contributed by atoms with Crippen LogP contribution in [0, 0.1) is 0 Å². The molecule has 1 aliphatic carbocycles. The Morgan fingerprint density at radius 3 is 2.60 bits per heavy atom. The molecule has 1 amide bonds. The minimum absolute atomic E-state index is 0.146. The molecule has 1 aromatic heterocycles. The van der Waals surface area contributed by atoms with E-state index >= 15 is 0 Å². The van der Waals surface area contributed by atoms with E-state index in [0.717, 1.165) is 31.7 Å². The first kappa shape index (κ1) is 21.2. The number of benzene rings is 1. The number of esters is 1. The zero-order valence-corrected chi connectivity index (χ0v) is 18.1. The Hall–Kier alpha value is -2.09. The van der Waals surface area contributed by atoms with E-state index in [1.807, 2.05) is 0 Å². The van der Waals surface area contributed by atoms with Gasteiger partial charge < -0.3 is 15.0 Å². The van der Waals surface area contributed by atoms with Crippen LogP contribution in [-0.4, -0.2) is 72.5 Å². The number of aromatic nitrogens is 1. The SMILES string of the molecule is COC(=O)c1[nH]c2ccc(Cl)cc2c1NC(=O)CN1CCN(C2CCCCC2)CC1. The van der Waals surface area contributed by atoms with Gasteiger partial charge in [-0.05, 0) is 31.0 Å². The lowest BCUT2D eigenvalue weighted by Crippen LogP contribution is -2.52. The van der Waals surface area contributed by atoms with Crippen molar-refractivity contribution in [2.45, 2.75) is 38.1 Å². The summed E-state index contributed by atoms with van der Waals surface area (Å²) in [5.41, 5.74) is 1.37. The summed E-state index contributed by atoms with van der Waals surface area (Å²) in [5, 5.41) is 4.14.